The fourth-order valence-corrected chi connectivity index (χ4v) is 2.82. The van der Waals surface area contributed by atoms with Gasteiger partial charge in [-0.2, -0.15) is 0 Å². The van der Waals surface area contributed by atoms with Gasteiger partial charge >= 0.3 is 0 Å². The molecule has 1 saturated carbocycles. The van der Waals surface area contributed by atoms with Gasteiger partial charge in [0, 0.05) is 24.6 Å². The molecule has 1 heterocycles. The lowest BCUT2D eigenvalue weighted by molar-refractivity contribution is 0.0940. The van der Waals surface area contributed by atoms with Crippen LogP contribution in [0.3, 0.4) is 0 Å². The molecule has 2 unspecified atom stereocenters. The standard InChI is InChI=1S/C19H23N3O2/c1-13(23)11-16(14-5-3-2-4-6-14)12-21-19(24)17-9-10-20-18(22-17)15-7-8-15/h2-6,9-10,13,15-16,23H,7-8,11-12H2,1H3,(H,21,24). The SMILES string of the molecule is CC(O)CC(CNC(=O)c1ccnc(C2CC2)n1)c1ccccc1. The van der Waals surface area contributed by atoms with E-state index in [1.165, 1.54) is 0 Å². The molecule has 1 aromatic carbocycles. The van der Waals surface area contributed by atoms with Gasteiger partial charge in [-0.15, -0.1) is 0 Å². The Kier molecular flexibility index (Phi) is 5.20. The van der Waals surface area contributed by atoms with Crippen molar-refractivity contribution in [3.63, 3.8) is 0 Å². The van der Waals surface area contributed by atoms with E-state index in [0.29, 0.717) is 24.6 Å². The second-order valence-electron chi connectivity index (χ2n) is 6.48. The lowest BCUT2D eigenvalue weighted by Crippen LogP contribution is -2.30. The molecule has 24 heavy (non-hydrogen) atoms. The van der Waals surface area contributed by atoms with Crippen LogP contribution in [0.4, 0.5) is 0 Å². The molecule has 1 aromatic heterocycles. The molecule has 5 heteroatoms. The van der Waals surface area contributed by atoms with Gasteiger partial charge in [-0.1, -0.05) is 30.3 Å². The zero-order chi connectivity index (χ0) is 16.9. The normalized spacial score (nSPS) is 16.4. The number of aromatic nitrogens is 2. The van der Waals surface area contributed by atoms with Crippen molar-refractivity contribution in [1.29, 1.82) is 0 Å². The molecule has 2 aromatic rings. The average molecular weight is 325 g/mol. The van der Waals surface area contributed by atoms with E-state index >= 15 is 0 Å². The first-order valence-electron chi connectivity index (χ1n) is 8.47. The molecule has 0 spiro atoms. The molecule has 1 amide bonds. The minimum atomic E-state index is -0.423. The summed E-state index contributed by atoms with van der Waals surface area (Å²) in [5.41, 5.74) is 1.52. The van der Waals surface area contributed by atoms with E-state index in [1.807, 2.05) is 30.3 Å². The third-order valence-electron chi connectivity index (χ3n) is 4.25. The monoisotopic (exact) mass is 325 g/mol. The van der Waals surface area contributed by atoms with Crippen LogP contribution >= 0.6 is 0 Å². The van der Waals surface area contributed by atoms with Crippen LogP contribution in [0.15, 0.2) is 42.6 Å². The zero-order valence-corrected chi connectivity index (χ0v) is 13.9. The molecular weight excluding hydrogens is 302 g/mol. The van der Waals surface area contributed by atoms with E-state index in [9.17, 15) is 9.90 Å². The van der Waals surface area contributed by atoms with Gasteiger partial charge in [0.1, 0.15) is 11.5 Å². The number of rotatable bonds is 7. The van der Waals surface area contributed by atoms with Crippen molar-refractivity contribution in [2.24, 2.45) is 0 Å². The molecule has 0 saturated heterocycles. The third kappa shape index (κ3) is 4.38. The Bertz CT molecular complexity index is 684. The molecule has 2 atom stereocenters. The summed E-state index contributed by atoms with van der Waals surface area (Å²) in [7, 11) is 0. The highest BCUT2D eigenvalue weighted by Gasteiger charge is 2.27. The molecule has 5 nitrogen and oxygen atoms in total. The Hall–Kier alpha value is -2.27. The van der Waals surface area contributed by atoms with Crippen molar-refractivity contribution in [2.45, 2.75) is 44.1 Å². The lowest BCUT2D eigenvalue weighted by Gasteiger charge is -2.19. The van der Waals surface area contributed by atoms with E-state index in [-0.39, 0.29) is 11.8 Å². The van der Waals surface area contributed by atoms with Gasteiger partial charge in [0.05, 0.1) is 6.10 Å². The van der Waals surface area contributed by atoms with Gasteiger partial charge in [0.15, 0.2) is 0 Å². The van der Waals surface area contributed by atoms with E-state index in [0.717, 1.165) is 24.2 Å². The van der Waals surface area contributed by atoms with E-state index in [1.54, 1.807) is 19.2 Å². The van der Waals surface area contributed by atoms with Gasteiger partial charge in [-0.05, 0) is 37.8 Å². The maximum absolute atomic E-state index is 12.4. The summed E-state index contributed by atoms with van der Waals surface area (Å²) in [5, 5.41) is 12.7. The van der Waals surface area contributed by atoms with Crippen molar-refractivity contribution in [1.82, 2.24) is 15.3 Å². The fraction of sp³-hybridized carbons (Fsp3) is 0.421. The van der Waals surface area contributed by atoms with Gasteiger partial charge in [-0.25, -0.2) is 9.97 Å². The number of hydrogen-bond donors (Lipinski definition) is 2. The van der Waals surface area contributed by atoms with Crippen LogP contribution in [0.2, 0.25) is 0 Å². The second-order valence-corrected chi connectivity index (χ2v) is 6.48. The number of hydrogen-bond acceptors (Lipinski definition) is 4. The lowest BCUT2D eigenvalue weighted by atomic mass is 9.93. The minimum absolute atomic E-state index is 0.0693. The molecule has 0 aliphatic heterocycles. The number of carbonyl (C=O) groups is 1. The first kappa shape index (κ1) is 16.6. The summed E-state index contributed by atoms with van der Waals surface area (Å²) in [6, 6.07) is 11.6. The molecule has 126 valence electrons. The maximum atomic E-state index is 12.4. The quantitative estimate of drug-likeness (QED) is 0.820. The minimum Gasteiger partial charge on any atom is -0.393 e. The van der Waals surface area contributed by atoms with Gasteiger partial charge < -0.3 is 10.4 Å². The Balaban J connectivity index is 1.65. The van der Waals surface area contributed by atoms with Crippen LogP contribution in [0.25, 0.3) is 0 Å². The molecule has 1 aliphatic carbocycles. The number of aliphatic hydroxyl groups excluding tert-OH is 1. The van der Waals surface area contributed by atoms with Crippen LogP contribution in [-0.2, 0) is 0 Å². The highest BCUT2D eigenvalue weighted by atomic mass is 16.3. The van der Waals surface area contributed by atoms with Crippen molar-refractivity contribution < 1.29 is 9.90 Å². The van der Waals surface area contributed by atoms with E-state index in [4.69, 9.17) is 0 Å². The van der Waals surface area contributed by atoms with Crippen LogP contribution in [0.1, 0.15) is 59.9 Å². The Morgan fingerprint density at radius 3 is 2.71 bits per heavy atom. The molecule has 1 aliphatic rings. The van der Waals surface area contributed by atoms with Crippen LogP contribution < -0.4 is 5.32 Å². The number of carbonyl (C=O) groups excluding carboxylic acids is 1. The predicted molar refractivity (Wildman–Crippen MR) is 91.8 cm³/mol. The highest BCUT2D eigenvalue weighted by Crippen LogP contribution is 2.37. The molecule has 0 radical (unpaired) electrons. The van der Waals surface area contributed by atoms with Crippen molar-refractivity contribution in [3.05, 3.63) is 59.7 Å². The Morgan fingerprint density at radius 1 is 1.29 bits per heavy atom. The molecule has 2 N–H and O–H groups in total. The van der Waals surface area contributed by atoms with Crippen LogP contribution in [-0.4, -0.2) is 33.6 Å². The summed E-state index contributed by atoms with van der Waals surface area (Å²) in [6.45, 7) is 2.24. The summed E-state index contributed by atoms with van der Waals surface area (Å²) < 4.78 is 0. The molecule has 3 rings (SSSR count). The second kappa shape index (κ2) is 7.53. The Morgan fingerprint density at radius 2 is 2.04 bits per heavy atom. The predicted octanol–water partition coefficient (Wildman–Crippen LogP) is 2.64. The number of amides is 1. The van der Waals surface area contributed by atoms with Gasteiger partial charge in [0.25, 0.3) is 5.91 Å². The van der Waals surface area contributed by atoms with Crippen molar-refractivity contribution in [3.8, 4) is 0 Å². The van der Waals surface area contributed by atoms with Gasteiger partial charge in [0.2, 0.25) is 0 Å². The van der Waals surface area contributed by atoms with Gasteiger partial charge in [-0.3, -0.25) is 4.79 Å². The smallest absolute Gasteiger partial charge is 0.270 e. The molecule has 1 fully saturated rings. The summed E-state index contributed by atoms with van der Waals surface area (Å²) in [4.78, 5) is 21.0. The molecular formula is C19H23N3O2. The van der Waals surface area contributed by atoms with E-state index in [2.05, 4.69) is 15.3 Å². The first-order valence-corrected chi connectivity index (χ1v) is 8.47. The summed E-state index contributed by atoms with van der Waals surface area (Å²) in [5.74, 6) is 1.07. The number of nitrogens with one attached hydrogen (secondary N) is 1. The molecule has 0 bridgehead atoms. The Labute approximate surface area is 142 Å². The summed E-state index contributed by atoms with van der Waals surface area (Å²) in [6.07, 6.45) is 4.04. The van der Waals surface area contributed by atoms with Crippen LogP contribution in [0.5, 0.6) is 0 Å². The number of aliphatic hydroxyl groups is 1. The third-order valence-corrected chi connectivity index (χ3v) is 4.25. The number of benzene rings is 1. The summed E-state index contributed by atoms with van der Waals surface area (Å²) >= 11 is 0. The van der Waals surface area contributed by atoms with E-state index < -0.39 is 6.10 Å². The zero-order valence-electron chi connectivity index (χ0n) is 13.9. The first-order chi connectivity index (χ1) is 11.6. The largest absolute Gasteiger partial charge is 0.393 e. The van der Waals surface area contributed by atoms with Crippen molar-refractivity contribution >= 4 is 5.91 Å². The average Bonchev–Trinajstić information content (AvgIpc) is 3.44. The highest BCUT2D eigenvalue weighted by molar-refractivity contribution is 5.92. The number of nitrogens with zero attached hydrogens (tertiary/aromatic N) is 2. The van der Waals surface area contributed by atoms with Crippen molar-refractivity contribution in [2.75, 3.05) is 6.54 Å². The van der Waals surface area contributed by atoms with Crippen LogP contribution in [0, 0.1) is 0 Å². The fourth-order valence-electron chi connectivity index (χ4n) is 2.82. The topological polar surface area (TPSA) is 75.1 Å². The maximum Gasteiger partial charge on any atom is 0.270 e.